The lowest BCUT2D eigenvalue weighted by Gasteiger charge is -2.59. The van der Waals surface area contributed by atoms with Crippen LogP contribution in [0.1, 0.15) is 121 Å². The fraction of sp³-hybridized carbons (Fsp3) is 0.300. The highest BCUT2D eigenvalue weighted by molar-refractivity contribution is 6.32. The molecule has 6 aliphatic heterocycles. The molecule has 97 heavy (non-hydrogen) atoms. The van der Waals surface area contributed by atoms with Gasteiger partial charge in [-0.25, -0.2) is 0 Å². The van der Waals surface area contributed by atoms with E-state index in [0.29, 0.717) is 23.3 Å². The topological polar surface area (TPSA) is 399 Å². The first-order valence-electron chi connectivity index (χ1n) is 31.4. The maximum Gasteiger partial charge on any atom is 0.248 e. The first kappa shape index (κ1) is 63.9. The molecule has 4 saturated carbocycles. The van der Waals surface area contributed by atoms with E-state index in [1.54, 1.807) is 0 Å². The van der Waals surface area contributed by atoms with E-state index in [0.717, 1.165) is 81.0 Å². The van der Waals surface area contributed by atoms with Crippen molar-refractivity contribution in [2.24, 2.45) is 28.9 Å². The number of hydrogen-bond acceptors (Lipinski definition) is 18. The molecule has 17 rings (SSSR count). The third-order valence-electron chi connectivity index (χ3n) is 19.8. The van der Waals surface area contributed by atoms with Gasteiger partial charge in [-0.15, -0.1) is 0 Å². The number of phenols is 6. The summed E-state index contributed by atoms with van der Waals surface area (Å²) in [5.41, 5.74) is 4.97. The van der Waals surface area contributed by atoms with E-state index in [1.165, 1.54) is 72.8 Å². The summed E-state index contributed by atoms with van der Waals surface area (Å²) in [5.74, 6) is -11.6. The summed E-state index contributed by atoms with van der Waals surface area (Å²) in [6.45, 7) is 1.91. The lowest BCUT2D eigenvalue weighted by atomic mass is 9.48. The number of halogens is 2. The summed E-state index contributed by atoms with van der Waals surface area (Å²) in [4.78, 5) is 107. The standard InChI is InChI=1S/C70H64Cl2N8O17/c1-28(70-25-30-10-31(26-70)12-32(11-30)27-70)74-68(93)59-42-23-39(82)24-48(85)54(42)41-17-34(4-6-46(41)83)56-65(90)80-60(69(94)79-59)61(86)35-5-9-50(44(72)18-35)97-53-21-37-20-52(62(53)87)96-49-8-2-29(13-43(49)71)14-45-63(88)76-57(66(91)78-58(37)67(92)77-56)36-15-38(81)22-40(16-36)95-51-19-33(3-7-47(51)84)55(73)64(89)75-45/h2-9,13,15-24,28,30-32,45,55-61,81-87H,10-12,14,25-27,73H2,1H3,(H,74,93)(H,75,89)(H,76,88)(H,77,92)(H,78,91)(H,79,94)(H,80,90)/t28?,30?,31?,32?,45-,55-,56-,57+,58-,59+,60+,61-,70?/m1/s1. The smallest absolute Gasteiger partial charge is 0.248 e. The molecule has 6 heterocycles. The number of hydrogen-bond donors (Lipinski definition) is 15. The molecule has 7 aromatic rings. The summed E-state index contributed by atoms with van der Waals surface area (Å²) < 4.78 is 18.7. The van der Waals surface area contributed by atoms with Crippen LogP contribution in [-0.4, -0.2) is 95.2 Å². The first-order chi connectivity index (χ1) is 46.3. The van der Waals surface area contributed by atoms with Gasteiger partial charge in [-0.05, 0) is 186 Å². The quantitative estimate of drug-likeness (QED) is 0.0808. The third kappa shape index (κ3) is 12.1. The molecular formula is C70H64Cl2N8O17. The second kappa shape index (κ2) is 24.6. The van der Waals surface area contributed by atoms with Crippen LogP contribution in [0.4, 0.5) is 0 Å². The largest absolute Gasteiger partial charge is 0.508 e. The van der Waals surface area contributed by atoms with Crippen LogP contribution in [0.2, 0.25) is 10.0 Å². The van der Waals surface area contributed by atoms with Gasteiger partial charge in [0.15, 0.2) is 23.0 Å². The van der Waals surface area contributed by atoms with Crippen molar-refractivity contribution < 1.29 is 83.5 Å². The molecule has 10 aliphatic rings. The molecule has 500 valence electrons. The molecule has 4 aliphatic carbocycles. The SMILES string of the molecule is CC(NC(=O)[C@H]1NC(=O)[C@H]2NC(=O)[C@H](NC(=O)[C@@H]3NC(=O)[C@H]4NC(=O)[C@@H](Cc5ccc(c(Cl)c5)Oc5cc3cc(c5O)Oc3ccc(cc3Cl)[C@H]2O)NC(=O)[C@H](N)c2ccc(O)c(c2)Oc2cc(O)cc4c2)c2ccc(O)c(c2)-c2c(O)cc(O)cc21)C12CC3CC(CC(C3)C1)C2. The number of aliphatic hydroxyl groups is 1. The number of carbonyl (C=O) groups is 7. The Hall–Kier alpha value is -10.5. The number of ether oxygens (including phenoxy) is 3. The van der Waals surface area contributed by atoms with E-state index in [1.807, 2.05) is 6.92 Å². The molecular weight excluding hydrogens is 1300 g/mol. The molecule has 27 heteroatoms. The monoisotopic (exact) mass is 1360 g/mol. The minimum absolute atomic E-state index is 0.111. The van der Waals surface area contributed by atoms with Gasteiger partial charge in [0.1, 0.15) is 88.6 Å². The van der Waals surface area contributed by atoms with Crippen molar-refractivity contribution in [2.45, 2.75) is 106 Å². The number of nitrogens with two attached hydrogens (primary N) is 1. The van der Waals surface area contributed by atoms with E-state index in [2.05, 4.69) is 37.2 Å². The molecule has 25 nitrogen and oxygen atoms in total. The molecule has 0 radical (unpaired) electrons. The molecule has 0 aromatic heterocycles. The van der Waals surface area contributed by atoms with Crippen molar-refractivity contribution in [1.82, 2.24) is 37.2 Å². The van der Waals surface area contributed by atoms with Crippen LogP contribution in [-0.2, 0) is 40.0 Å². The Morgan fingerprint density at radius 2 is 1.10 bits per heavy atom. The molecule has 1 unspecified atom stereocenters. The highest BCUT2D eigenvalue weighted by Crippen LogP contribution is 2.61. The van der Waals surface area contributed by atoms with Crippen LogP contribution in [0.5, 0.6) is 69.0 Å². The number of nitrogens with one attached hydrogen (secondary N) is 7. The second-order valence-electron chi connectivity index (χ2n) is 26.3. The molecule has 16 N–H and O–H groups in total. The summed E-state index contributed by atoms with van der Waals surface area (Å²) in [6.07, 6.45) is 3.53. The van der Waals surface area contributed by atoms with Crippen LogP contribution < -0.4 is 57.2 Å². The molecule has 7 amide bonds. The maximum atomic E-state index is 16.0. The first-order valence-corrected chi connectivity index (χ1v) is 32.2. The fourth-order valence-electron chi connectivity index (χ4n) is 15.4. The van der Waals surface area contributed by atoms with Crippen molar-refractivity contribution in [3.63, 3.8) is 0 Å². The Labute approximate surface area is 562 Å². The number of aliphatic hydroxyl groups excluding tert-OH is 1. The molecule has 7 aromatic carbocycles. The summed E-state index contributed by atoms with van der Waals surface area (Å²) in [6, 6.07) is 9.40. The fourth-order valence-corrected chi connectivity index (χ4v) is 15.9. The van der Waals surface area contributed by atoms with Crippen molar-refractivity contribution in [1.29, 1.82) is 0 Å². The van der Waals surface area contributed by atoms with Crippen LogP contribution in [0.25, 0.3) is 11.1 Å². The highest BCUT2D eigenvalue weighted by Gasteiger charge is 2.54. The summed E-state index contributed by atoms with van der Waals surface area (Å²) in [7, 11) is 0. The Morgan fingerprint density at radius 3 is 1.76 bits per heavy atom. The average Bonchev–Trinajstić information content (AvgIpc) is 0.742. The lowest BCUT2D eigenvalue weighted by molar-refractivity contribution is -0.137. The van der Waals surface area contributed by atoms with Gasteiger partial charge in [0.25, 0.3) is 0 Å². The minimum atomic E-state index is -2.15. The van der Waals surface area contributed by atoms with Crippen LogP contribution >= 0.6 is 23.2 Å². The van der Waals surface area contributed by atoms with Gasteiger partial charge in [0.2, 0.25) is 47.1 Å². The zero-order valence-electron chi connectivity index (χ0n) is 51.4. The maximum absolute atomic E-state index is 16.0. The number of fused-ring (bicyclic) bond motifs is 14. The van der Waals surface area contributed by atoms with Gasteiger partial charge < -0.3 is 92.9 Å². The van der Waals surface area contributed by atoms with Gasteiger partial charge >= 0.3 is 0 Å². The Kier molecular flexibility index (Phi) is 16.2. The van der Waals surface area contributed by atoms with Crippen LogP contribution in [0.3, 0.4) is 0 Å². The normalized spacial score (nSPS) is 26.8. The van der Waals surface area contributed by atoms with Gasteiger partial charge in [0.05, 0.1) is 10.0 Å². The van der Waals surface area contributed by atoms with E-state index in [9.17, 15) is 40.5 Å². The van der Waals surface area contributed by atoms with E-state index in [4.69, 9.17) is 43.1 Å². The lowest BCUT2D eigenvalue weighted by Crippen LogP contribution is -2.58. The van der Waals surface area contributed by atoms with E-state index >= 15 is 28.8 Å². The number of aromatic hydroxyl groups is 6. The van der Waals surface area contributed by atoms with Crippen molar-refractivity contribution >= 4 is 64.6 Å². The minimum Gasteiger partial charge on any atom is -0.508 e. The Balaban J connectivity index is 0.936. The number of amides is 7. The Morgan fingerprint density at radius 1 is 0.536 bits per heavy atom. The van der Waals surface area contributed by atoms with Crippen LogP contribution in [0, 0.1) is 23.2 Å². The molecule has 9 atom stereocenters. The second-order valence-corrected chi connectivity index (χ2v) is 27.1. The van der Waals surface area contributed by atoms with Crippen LogP contribution in [0.15, 0.2) is 115 Å². The molecule has 0 saturated heterocycles. The molecule has 21 bridgehead atoms. The van der Waals surface area contributed by atoms with Gasteiger partial charge in [-0.1, -0.05) is 47.5 Å². The Bertz CT molecular complexity index is 4480. The zero-order chi connectivity index (χ0) is 68.2. The predicted octanol–water partition coefficient (Wildman–Crippen LogP) is 7.62. The highest BCUT2D eigenvalue weighted by atomic mass is 35.5. The van der Waals surface area contributed by atoms with Gasteiger partial charge in [-0.2, -0.15) is 0 Å². The van der Waals surface area contributed by atoms with Crippen molar-refractivity contribution in [3.05, 3.63) is 164 Å². The van der Waals surface area contributed by atoms with E-state index < -0.39 is 142 Å². The molecule has 4 fully saturated rings. The third-order valence-corrected chi connectivity index (χ3v) is 20.4. The number of phenolic OH excluding ortho intramolecular Hbond substituents is 6. The zero-order valence-corrected chi connectivity index (χ0v) is 52.9. The van der Waals surface area contributed by atoms with Crippen molar-refractivity contribution in [2.75, 3.05) is 0 Å². The number of carbonyl (C=O) groups excluding carboxylic acids is 7. The average molecular weight is 1360 g/mol. The molecule has 0 spiro atoms. The van der Waals surface area contributed by atoms with E-state index in [-0.39, 0.29) is 89.4 Å². The predicted molar refractivity (Wildman–Crippen MR) is 346 cm³/mol. The number of rotatable bonds is 3. The van der Waals surface area contributed by atoms with Crippen molar-refractivity contribution in [3.8, 4) is 80.1 Å². The van der Waals surface area contributed by atoms with Gasteiger partial charge in [-0.3, -0.25) is 33.6 Å². The van der Waals surface area contributed by atoms with Gasteiger partial charge in [0, 0.05) is 35.7 Å². The summed E-state index contributed by atoms with van der Waals surface area (Å²) >= 11 is 13.9. The summed E-state index contributed by atoms with van der Waals surface area (Å²) in [5, 5.41) is 101. The number of benzene rings is 7.